The van der Waals surface area contributed by atoms with Crippen molar-refractivity contribution in [2.24, 2.45) is 0 Å². The molecule has 0 spiro atoms. The van der Waals surface area contributed by atoms with Crippen molar-refractivity contribution >= 4 is 29.2 Å². The Balaban J connectivity index is 1.86. The van der Waals surface area contributed by atoms with Gasteiger partial charge in [0.2, 0.25) is 6.10 Å². The van der Waals surface area contributed by atoms with Crippen molar-refractivity contribution in [2.45, 2.75) is 6.10 Å². The molecule has 1 atom stereocenters. The van der Waals surface area contributed by atoms with Gasteiger partial charge in [0.1, 0.15) is 5.75 Å². The number of carbonyl (C=O) groups excluding carboxylic acids is 2. The SMILES string of the molecule is COc1cccc(NC(=O)[C@H](OC(=O)c2ccccc2Cl)c2ccccc2)c1. The van der Waals surface area contributed by atoms with Crippen molar-refractivity contribution in [2.75, 3.05) is 12.4 Å². The van der Waals surface area contributed by atoms with E-state index in [1.165, 1.54) is 0 Å². The Morgan fingerprint density at radius 3 is 2.36 bits per heavy atom. The largest absolute Gasteiger partial charge is 0.497 e. The van der Waals surface area contributed by atoms with Gasteiger partial charge in [-0.05, 0) is 24.3 Å². The number of nitrogens with one attached hydrogen (secondary N) is 1. The van der Waals surface area contributed by atoms with Crippen LogP contribution < -0.4 is 10.1 Å². The fourth-order valence-corrected chi connectivity index (χ4v) is 2.82. The fraction of sp³-hybridized carbons (Fsp3) is 0.0909. The van der Waals surface area contributed by atoms with E-state index in [9.17, 15) is 9.59 Å². The Bertz CT molecular complexity index is 975. The standard InChI is InChI=1S/C22H18ClNO4/c1-27-17-11-7-10-16(14-17)24-21(25)20(15-8-3-2-4-9-15)28-22(26)18-12-5-6-13-19(18)23/h2-14,20H,1H3,(H,24,25)/t20-/m1/s1. The number of methoxy groups -OCH3 is 1. The van der Waals surface area contributed by atoms with Gasteiger partial charge in [-0.15, -0.1) is 0 Å². The molecular weight excluding hydrogens is 378 g/mol. The summed E-state index contributed by atoms with van der Waals surface area (Å²) < 4.78 is 10.7. The molecule has 0 saturated carbocycles. The molecule has 6 heteroatoms. The molecule has 1 amide bonds. The van der Waals surface area contributed by atoms with Crippen LogP contribution in [0.15, 0.2) is 78.9 Å². The van der Waals surface area contributed by atoms with Crippen LogP contribution in [-0.4, -0.2) is 19.0 Å². The number of hydrogen-bond acceptors (Lipinski definition) is 4. The van der Waals surface area contributed by atoms with Gasteiger partial charge >= 0.3 is 5.97 Å². The first-order valence-electron chi connectivity index (χ1n) is 8.54. The molecule has 0 unspecified atom stereocenters. The third kappa shape index (κ3) is 4.69. The zero-order chi connectivity index (χ0) is 19.9. The van der Waals surface area contributed by atoms with Gasteiger partial charge in [-0.1, -0.05) is 60.1 Å². The monoisotopic (exact) mass is 395 g/mol. The Labute approximate surface area is 167 Å². The number of rotatable bonds is 6. The van der Waals surface area contributed by atoms with Crippen LogP contribution in [0.25, 0.3) is 0 Å². The molecule has 142 valence electrons. The molecule has 3 rings (SSSR count). The van der Waals surface area contributed by atoms with E-state index in [2.05, 4.69) is 5.32 Å². The number of carbonyl (C=O) groups is 2. The highest BCUT2D eigenvalue weighted by atomic mass is 35.5. The van der Waals surface area contributed by atoms with E-state index in [1.54, 1.807) is 79.9 Å². The predicted molar refractivity (Wildman–Crippen MR) is 108 cm³/mol. The van der Waals surface area contributed by atoms with Gasteiger partial charge in [-0.3, -0.25) is 4.79 Å². The minimum absolute atomic E-state index is 0.194. The van der Waals surface area contributed by atoms with Crippen LogP contribution in [0, 0.1) is 0 Å². The highest BCUT2D eigenvalue weighted by Crippen LogP contribution is 2.25. The second-order valence-electron chi connectivity index (χ2n) is 5.90. The van der Waals surface area contributed by atoms with Crippen LogP contribution in [0.5, 0.6) is 5.75 Å². The van der Waals surface area contributed by atoms with Gasteiger partial charge in [0.25, 0.3) is 5.91 Å². The van der Waals surface area contributed by atoms with Gasteiger partial charge in [0.15, 0.2) is 0 Å². The first kappa shape index (κ1) is 19.5. The average Bonchev–Trinajstić information content (AvgIpc) is 2.73. The first-order valence-corrected chi connectivity index (χ1v) is 8.91. The van der Waals surface area contributed by atoms with Gasteiger partial charge in [0, 0.05) is 17.3 Å². The molecule has 3 aromatic carbocycles. The topological polar surface area (TPSA) is 64.6 Å². The molecule has 0 aliphatic carbocycles. The van der Waals surface area contributed by atoms with Gasteiger partial charge in [-0.25, -0.2) is 4.79 Å². The fourth-order valence-electron chi connectivity index (χ4n) is 2.61. The average molecular weight is 396 g/mol. The maximum absolute atomic E-state index is 12.9. The highest BCUT2D eigenvalue weighted by molar-refractivity contribution is 6.33. The molecule has 0 aliphatic heterocycles. The molecule has 5 nitrogen and oxygen atoms in total. The lowest BCUT2D eigenvalue weighted by Crippen LogP contribution is -2.26. The lowest BCUT2D eigenvalue weighted by Gasteiger charge is -2.18. The zero-order valence-corrected chi connectivity index (χ0v) is 15.8. The number of amides is 1. The summed E-state index contributed by atoms with van der Waals surface area (Å²) in [6, 6.07) is 22.2. The maximum atomic E-state index is 12.9. The van der Waals surface area contributed by atoms with E-state index in [-0.39, 0.29) is 10.6 Å². The van der Waals surface area contributed by atoms with E-state index in [4.69, 9.17) is 21.1 Å². The Morgan fingerprint density at radius 1 is 0.929 bits per heavy atom. The molecule has 0 fully saturated rings. The Morgan fingerprint density at radius 2 is 1.64 bits per heavy atom. The predicted octanol–water partition coefficient (Wildman–Crippen LogP) is 4.89. The van der Waals surface area contributed by atoms with Crippen molar-refractivity contribution in [3.05, 3.63) is 95.0 Å². The summed E-state index contributed by atoms with van der Waals surface area (Å²) in [5.74, 6) is -0.567. The van der Waals surface area contributed by atoms with Crippen LogP contribution in [0.1, 0.15) is 22.0 Å². The molecule has 3 aromatic rings. The lowest BCUT2D eigenvalue weighted by molar-refractivity contribution is -0.125. The van der Waals surface area contributed by atoms with Crippen molar-refractivity contribution in [1.29, 1.82) is 0 Å². The molecule has 0 aliphatic rings. The molecule has 0 bridgehead atoms. The molecule has 28 heavy (non-hydrogen) atoms. The quantitative estimate of drug-likeness (QED) is 0.604. The van der Waals surface area contributed by atoms with E-state index in [1.807, 2.05) is 6.07 Å². The number of halogens is 1. The second-order valence-corrected chi connectivity index (χ2v) is 6.30. The first-order chi connectivity index (χ1) is 13.6. The van der Waals surface area contributed by atoms with E-state index >= 15 is 0 Å². The molecule has 0 aromatic heterocycles. The van der Waals surface area contributed by atoms with Crippen LogP contribution in [-0.2, 0) is 9.53 Å². The number of benzene rings is 3. The number of anilines is 1. The third-order valence-corrected chi connectivity index (χ3v) is 4.33. The Kier molecular flexibility index (Phi) is 6.29. The summed E-state index contributed by atoms with van der Waals surface area (Å²) in [5, 5.41) is 3.01. The van der Waals surface area contributed by atoms with Crippen LogP contribution in [0.3, 0.4) is 0 Å². The normalized spacial score (nSPS) is 11.4. The smallest absolute Gasteiger partial charge is 0.340 e. The summed E-state index contributed by atoms with van der Waals surface area (Å²) in [6.45, 7) is 0. The highest BCUT2D eigenvalue weighted by Gasteiger charge is 2.26. The van der Waals surface area contributed by atoms with Crippen LogP contribution in [0.4, 0.5) is 5.69 Å². The second kappa shape index (κ2) is 9.06. The third-order valence-electron chi connectivity index (χ3n) is 4.00. The number of hydrogen-bond donors (Lipinski definition) is 1. The van der Waals surface area contributed by atoms with Gasteiger partial charge < -0.3 is 14.8 Å². The summed E-state index contributed by atoms with van der Waals surface area (Å²) in [4.78, 5) is 25.5. The van der Waals surface area contributed by atoms with E-state index < -0.39 is 18.0 Å². The zero-order valence-electron chi connectivity index (χ0n) is 15.1. The number of esters is 1. The van der Waals surface area contributed by atoms with Crippen molar-refractivity contribution in [3.8, 4) is 5.75 Å². The van der Waals surface area contributed by atoms with E-state index in [0.29, 0.717) is 17.0 Å². The summed E-state index contributed by atoms with van der Waals surface area (Å²) >= 11 is 6.08. The van der Waals surface area contributed by atoms with E-state index in [0.717, 1.165) is 0 Å². The van der Waals surface area contributed by atoms with Crippen molar-refractivity contribution in [3.63, 3.8) is 0 Å². The Hall–Kier alpha value is -3.31. The summed E-state index contributed by atoms with van der Waals surface area (Å²) in [6.07, 6.45) is -1.14. The van der Waals surface area contributed by atoms with Crippen molar-refractivity contribution in [1.82, 2.24) is 0 Å². The molecular formula is C22H18ClNO4. The van der Waals surface area contributed by atoms with Gasteiger partial charge in [0.05, 0.1) is 17.7 Å². The van der Waals surface area contributed by atoms with Crippen molar-refractivity contribution < 1.29 is 19.1 Å². The molecule has 0 saturated heterocycles. The maximum Gasteiger partial charge on any atom is 0.340 e. The van der Waals surface area contributed by atoms with Crippen LogP contribution in [0.2, 0.25) is 5.02 Å². The summed E-state index contributed by atoms with van der Waals surface area (Å²) in [7, 11) is 1.54. The molecule has 0 radical (unpaired) electrons. The molecule has 0 heterocycles. The summed E-state index contributed by atoms with van der Waals surface area (Å²) in [5.41, 5.74) is 1.27. The van der Waals surface area contributed by atoms with Crippen LogP contribution >= 0.6 is 11.6 Å². The lowest BCUT2D eigenvalue weighted by atomic mass is 10.1. The number of ether oxygens (including phenoxy) is 2. The van der Waals surface area contributed by atoms with Gasteiger partial charge in [-0.2, -0.15) is 0 Å². The minimum atomic E-state index is -1.14. The molecule has 1 N–H and O–H groups in total. The minimum Gasteiger partial charge on any atom is -0.497 e.